The molecule has 54 heavy (non-hydrogen) atoms. The number of carboxylic acid groups (broad SMARTS) is 1. The van der Waals surface area contributed by atoms with Crippen LogP contribution in [0.25, 0.3) is 11.0 Å². The SMILES string of the molecule is C[C@H]1CN(C(=O)C[C@H]2CC[C@@H](Cc3ccc4c(c3)n(C)c(=O)n4C3CCC(=O)NC3=O)CC2)CC[C@H]2CC[C@@H](C(=O)N[C@@H](CCC(N)=O)C(=O)O)N2C1=O. The van der Waals surface area contributed by atoms with Crippen molar-refractivity contribution in [1.82, 2.24) is 29.6 Å². The molecule has 292 valence electrons. The van der Waals surface area contributed by atoms with Crippen molar-refractivity contribution in [3.05, 3.63) is 34.2 Å². The number of hydrogen-bond acceptors (Lipinski definition) is 8. The van der Waals surface area contributed by atoms with Gasteiger partial charge in [-0.1, -0.05) is 13.0 Å². The highest BCUT2D eigenvalue weighted by molar-refractivity contribution is 6.00. The van der Waals surface area contributed by atoms with E-state index in [1.165, 1.54) is 4.57 Å². The number of imidazole rings is 1. The second-order valence-corrected chi connectivity index (χ2v) is 15.7. The summed E-state index contributed by atoms with van der Waals surface area (Å²) in [5, 5.41) is 14.4. The Balaban J connectivity index is 1.01. The van der Waals surface area contributed by atoms with Crippen molar-refractivity contribution in [2.24, 2.45) is 30.5 Å². The average Bonchev–Trinajstić information content (AvgIpc) is 3.65. The summed E-state index contributed by atoms with van der Waals surface area (Å²) in [5.74, 6) is -3.36. The number of carbonyl (C=O) groups is 7. The van der Waals surface area contributed by atoms with Crippen LogP contribution in [0.15, 0.2) is 23.0 Å². The number of nitrogens with one attached hydrogen (secondary N) is 2. The van der Waals surface area contributed by atoms with Crippen molar-refractivity contribution >= 4 is 52.4 Å². The normalized spacial score (nSPS) is 26.8. The van der Waals surface area contributed by atoms with Gasteiger partial charge < -0.3 is 26.0 Å². The summed E-state index contributed by atoms with van der Waals surface area (Å²) in [7, 11) is 1.69. The van der Waals surface area contributed by atoms with Crippen LogP contribution in [0.3, 0.4) is 0 Å². The van der Waals surface area contributed by atoms with Crippen LogP contribution in [-0.4, -0.2) is 96.7 Å². The molecule has 4 heterocycles. The molecule has 5 N–H and O–H groups in total. The van der Waals surface area contributed by atoms with Gasteiger partial charge in [0.05, 0.1) is 17.0 Å². The van der Waals surface area contributed by atoms with E-state index in [1.807, 2.05) is 18.2 Å². The third kappa shape index (κ3) is 8.21. The number of primary amides is 1. The van der Waals surface area contributed by atoms with Gasteiger partial charge in [0.15, 0.2) is 0 Å². The minimum absolute atomic E-state index is 0.0319. The van der Waals surface area contributed by atoms with Crippen LogP contribution in [0.1, 0.15) is 95.6 Å². The second kappa shape index (κ2) is 16.1. The third-order valence-electron chi connectivity index (χ3n) is 12.0. The average molecular weight is 750 g/mol. The fourth-order valence-electron chi connectivity index (χ4n) is 8.97. The van der Waals surface area contributed by atoms with Gasteiger partial charge in [0.1, 0.15) is 18.1 Å². The Labute approximate surface area is 312 Å². The fourth-order valence-corrected chi connectivity index (χ4v) is 8.97. The monoisotopic (exact) mass is 749 g/mol. The maximum Gasteiger partial charge on any atom is 0.329 e. The van der Waals surface area contributed by atoms with Crippen molar-refractivity contribution in [1.29, 1.82) is 0 Å². The molecule has 0 spiro atoms. The van der Waals surface area contributed by atoms with Gasteiger partial charge in [0, 0.05) is 45.4 Å². The van der Waals surface area contributed by atoms with Crippen LogP contribution in [0, 0.1) is 17.8 Å². The number of amides is 6. The van der Waals surface area contributed by atoms with E-state index < -0.39 is 47.7 Å². The molecule has 3 aliphatic heterocycles. The van der Waals surface area contributed by atoms with E-state index in [1.54, 1.807) is 28.3 Å². The molecule has 5 atom stereocenters. The lowest BCUT2D eigenvalue weighted by Gasteiger charge is -2.38. The minimum atomic E-state index is -1.29. The lowest BCUT2D eigenvalue weighted by Crippen LogP contribution is -2.56. The van der Waals surface area contributed by atoms with Crippen LogP contribution < -0.4 is 22.1 Å². The van der Waals surface area contributed by atoms with Gasteiger partial charge in [-0.05, 0) is 93.7 Å². The maximum absolute atomic E-state index is 13.7. The first-order valence-corrected chi connectivity index (χ1v) is 19.2. The lowest BCUT2D eigenvalue weighted by molar-refractivity contribution is -0.148. The molecule has 4 fully saturated rings. The number of benzene rings is 1. The standard InChI is InChI=1S/C38H51N7O9/c1-21-20-43(16-15-25-8-11-28(44(25)36(21)51)34(49)40-26(37(52)53)9-13-31(39)46)33(48)19-23-5-3-22(4-6-23)17-24-7-10-27-30(18-24)42(2)38(54)45(27)29-12-14-32(47)41-35(29)50/h7,10,18,21-23,25-26,28-29H,3-6,8-9,11-17,19-20H2,1-2H3,(H2,39,46)(H,40,49)(H,52,53)(H,41,47,50)/t21-,22-,23+,25+,26-,28-,29?/m0/s1. The number of carboxylic acids is 1. The largest absolute Gasteiger partial charge is 0.480 e. The molecule has 1 aromatic heterocycles. The number of piperidine rings is 1. The van der Waals surface area contributed by atoms with Crippen molar-refractivity contribution in [3.8, 4) is 0 Å². The summed E-state index contributed by atoms with van der Waals surface area (Å²) in [6.07, 6.45) is 6.62. The van der Waals surface area contributed by atoms with Gasteiger partial charge in [-0.15, -0.1) is 0 Å². The van der Waals surface area contributed by atoms with Gasteiger partial charge in [0.2, 0.25) is 35.4 Å². The first kappa shape index (κ1) is 38.7. The van der Waals surface area contributed by atoms with Crippen molar-refractivity contribution in [3.63, 3.8) is 0 Å². The van der Waals surface area contributed by atoms with Crippen LogP contribution in [0.2, 0.25) is 0 Å². The van der Waals surface area contributed by atoms with Gasteiger partial charge in [-0.25, -0.2) is 9.59 Å². The molecule has 1 saturated carbocycles. The van der Waals surface area contributed by atoms with Crippen molar-refractivity contribution in [2.45, 2.75) is 115 Å². The third-order valence-corrected chi connectivity index (χ3v) is 12.0. The Morgan fingerprint density at radius 3 is 2.37 bits per heavy atom. The van der Waals surface area contributed by atoms with Gasteiger partial charge in [0.25, 0.3) is 0 Å². The van der Waals surface area contributed by atoms with E-state index >= 15 is 0 Å². The molecular weight excluding hydrogens is 698 g/mol. The number of imide groups is 1. The van der Waals surface area contributed by atoms with Crippen molar-refractivity contribution in [2.75, 3.05) is 13.1 Å². The lowest BCUT2D eigenvalue weighted by atomic mass is 9.78. The van der Waals surface area contributed by atoms with E-state index in [4.69, 9.17) is 5.73 Å². The highest BCUT2D eigenvalue weighted by Gasteiger charge is 2.44. The molecule has 0 radical (unpaired) electrons. The summed E-state index contributed by atoms with van der Waals surface area (Å²) in [6, 6.07) is 2.83. The molecule has 16 heteroatoms. The van der Waals surface area contributed by atoms with Crippen LogP contribution in [0.5, 0.6) is 0 Å². The Morgan fingerprint density at radius 1 is 0.963 bits per heavy atom. The zero-order valence-electron chi connectivity index (χ0n) is 31.0. The topological polar surface area (TPSA) is 223 Å². The maximum atomic E-state index is 13.7. The number of fused-ring (bicyclic) bond motifs is 2. The molecule has 1 unspecified atom stereocenters. The van der Waals surface area contributed by atoms with Gasteiger partial charge in [-0.3, -0.25) is 43.2 Å². The summed E-state index contributed by atoms with van der Waals surface area (Å²) in [6.45, 7) is 2.47. The van der Waals surface area contributed by atoms with Crippen molar-refractivity contribution < 1.29 is 38.7 Å². The Morgan fingerprint density at radius 2 is 1.69 bits per heavy atom. The molecule has 4 aliphatic rings. The van der Waals surface area contributed by atoms with E-state index in [0.29, 0.717) is 43.7 Å². The zero-order valence-corrected chi connectivity index (χ0v) is 31.0. The predicted molar refractivity (Wildman–Crippen MR) is 194 cm³/mol. The smallest absolute Gasteiger partial charge is 0.329 e. The molecular formula is C38H51N7O9. The van der Waals surface area contributed by atoms with Gasteiger partial charge >= 0.3 is 11.7 Å². The molecule has 16 nitrogen and oxygen atoms in total. The molecule has 6 amide bonds. The minimum Gasteiger partial charge on any atom is -0.480 e. The number of aliphatic carboxylic acids is 1. The first-order valence-electron chi connectivity index (χ1n) is 19.2. The number of hydrogen-bond donors (Lipinski definition) is 4. The molecule has 1 aliphatic carbocycles. The molecule has 1 aromatic carbocycles. The van der Waals surface area contributed by atoms with E-state index in [2.05, 4.69) is 10.6 Å². The highest BCUT2D eigenvalue weighted by Crippen LogP contribution is 2.35. The summed E-state index contributed by atoms with van der Waals surface area (Å²) < 4.78 is 3.04. The van der Waals surface area contributed by atoms with Crippen LogP contribution in [-0.2, 0) is 47.0 Å². The van der Waals surface area contributed by atoms with Crippen LogP contribution >= 0.6 is 0 Å². The van der Waals surface area contributed by atoms with E-state index in [9.17, 15) is 43.5 Å². The molecule has 2 aromatic rings. The van der Waals surface area contributed by atoms with Gasteiger partial charge in [-0.2, -0.15) is 0 Å². The molecule has 0 bridgehead atoms. The summed E-state index contributed by atoms with van der Waals surface area (Å²) in [4.78, 5) is 104. The highest BCUT2D eigenvalue weighted by atomic mass is 16.4. The number of rotatable bonds is 11. The Bertz CT molecular complexity index is 1890. The number of aryl methyl sites for hydroxylation is 1. The van der Waals surface area contributed by atoms with E-state index in [0.717, 1.165) is 43.2 Å². The first-order chi connectivity index (χ1) is 25.7. The fraction of sp³-hybridized carbons (Fsp3) is 0.632. The van der Waals surface area contributed by atoms with E-state index in [-0.39, 0.29) is 67.6 Å². The number of nitrogens with two attached hydrogens (primary N) is 1. The number of carbonyl (C=O) groups excluding carboxylic acids is 6. The van der Waals surface area contributed by atoms with Crippen LogP contribution in [0.4, 0.5) is 0 Å². The summed E-state index contributed by atoms with van der Waals surface area (Å²) >= 11 is 0. The number of aromatic nitrogens is 2. The molecule has 6 rings (SSSR count). The Kier molecular flexibility index (Phi) is 11.6. The zero-order chi connectivity index (χ0) is 38.8. The second-order valence-electron chi connectivity index (χ2n) is 15.7. The quantitative estimate of drug-likeness (QED) is 0.241. The summed E-state index contributed by atoms with van der Waals surface area (Å²) in [5.41, 5.74) is 7.37. The Hall–Kier alpha value is -5.02. The molecule has 3 saturated heterocycles. The predicted octanol–water partition coefficient (Wildman–Crippen LogP) is 1.12. The number of nitrogens with zero attached hydrogens (tertiary/aromatic N) is 4.